The van der Waals surface area contributed by atoms with Gasteiger partial charge in [0, 0.05) is 17.0 Å². The Bertz CT molecular complexity index is 1430. The summed E-state index contributed by atoms with van der Waals surface area (Å²) in [5.41, 5.74) is 2.19. The zero-order chi connectivity index (χ0) is 26.0. The number of aryl methyl sites for hydroxylation is 1. The minimum atomic E-state index is -4.02. The van der Waals surface area contributed by atoms with Crippen molar-refractivity contribution in [2.45, 2.75) is 52.0 Å². The lowest BCUT2D eigenvalue weighted by atomic mass is 10.0. The number of halogens is 3. The van der Waals surface area contributed by atoms with E-state index in [0.717, 1.165) is 23.3 Å². The highest BCUT2D eigenvalue weighted by atomic mass is 35.5. The maximum Gasteiger partial charge on any atom is 0.242 e. The summed E-state index contributed by atoms with van der Waals surface area (Å²) >= 11 is 6.24. The molecule has 0 saturated heterocycles. The topological polar surface area (TPSA) is 81.0 Å². The van der Waals surface area contributed by atoms with Gasteiger partial charge in [0.25, 0.3) is 0 Å². The zero-order valence-corrected chi connectivity index (χ0v) is 21.7. The molecule has 7 nitrogen and oxygen atoms in total. The normalized spacial score (nSPS) is 16.0. The molecule has 0 fully saturated rings. The highest BCUT2D eigenvalue weighted by Gasteiger charge is 2.35. The fraction of sp³-hybridized carbons (Fsp3) is 0.320. The molecule has 1 aliphatic carbocycles. The van der Waals surface area contributed by atoms with Crippen molar-refractivity contribution < 1.29 is 17.2 Å². The van der Waals surface area contributed by atoms with Gasteiger partial charge < -0.3 is 0 Å². The Labute approximate surface area is 214 Å². The van der Waals surface area contributed by atoms with Crippen molar-refractivity contribution in [2.75, 3.05) is 4.31 Å². The summed E-state index contributed by atoms with van der Waals surface area (Å²) in [6.45, 7) is 5.83. The van der Waals surface area contributed by atoms with Crippen LogP contribution in [0.25, 0.3) is 0 Å². The minimum absolute atomic E-state index is 0.180. The first-order valence-electron chi connectivity index (χ1n) is 11.4. The van der Waals surface area contributed by atoms with Crippen molar-refractivity contribution in [3.63, 3.8) is 0 Å². The highest BCUT2D eigenvalue weighted by Crippen LogP contribution is 2.34. The van der Waals surface area contributed by atoms with Crippen LogP contribution in [0, 0.1) is 11.6 Å². The average Bonchev–Trinajstić information content (AvgIpc) is 3.28. The number of hydrogen-bond donors (Lipinski definition) is 0. The van der Waals surface area contributed by atoms with Gasteiger partial charge in [0.1, 0.15) is 16.9 Å². The van der Waals surface area contributed by atoms with E-state index in [2.05, 4.69) is 15.4 Å². The number of tetrazole rings is 1. The van der Waals surface area contributed by atoms with Crippen LogP contribution >= 0.6 is 11.6 Å². The Morgan fingerprint density at radius 3 is 2.53 bits per heavy atom. The van der Waals surface area contributed by atoms with Crippen molar-refractivity contribution in [1.29, 1.82) is 0 Å². The van der Waals surface area contributed by atoms with Gasteiger partial charge >= 0.3 is 0 Å². The molecule has 11 heteroatoms. The summed E-state index contributed by atoms with van der Waals surface area (Å²) < 4.78 is 58.4. The largest absolute Gasteiger partial charge is 0.262 e. The molecule has 190 valence electrons. The van der Waals surface area contributed by atoms with Crippen molar-refractivity contribution in [1.82, 2.24) is 20.2 Å². The van der Waals surface area contributed by atoms with Crippen molar-refractivity contribution >= 4 is 27.3 Å². The highest BCUT2D eigenvalue weighted by molar-refractivity contribution is 7.93. The minimum Gasteiger partial charge on any atom is -0.262 e. The summed E-state index contributed by atoms with van der Waals surface area (Å²) in [6.07, 6.45) is 3.77. The van der Waals surface area contributed by atoms with Gasteiger partial charge in [0.2, 0.25) is 10.0 Å². The molecule has 36 heavy (non-hydrogen) atoms. The van der Waals surface area contributed by atoms with Crippen molar-refractivity contribution in [2.24, 2.45) is 0 Å². The van der Waals surface area contributed by atoms with Gasteiger partial charge in [0.15, 0.2) is 5.82 Å². The summed E-state index contributed by atoms with van der Waals surface area (Å²) in [5, 5.41) is 11.7. The van der Waals surface area contributed by atoms with Crippen LogP contribution in [0.1, 0.15) is 44.1 Å². The third kappa shape index (κ3) is 5.49. The summed E-state index contributed by atoms with van der Waals surface area (Å²) in [6, 6.07) is 8.21. The molecule has 0 radical (unpaired) electrons. The first-order chi connectivity index (χ1) is 17.1. The van der Waals surface area contributed by atoms with Crippen molar-refractivity contribution in [3.05, 3.63) is 93.3 Å². The SMILES string of the molecule is CCn1nnc(CN(c2ccc(Cl)cc2Cc2c(F)cccc2F)S(=O)(=O)C2C=C(C)C=C(C)C2)n1. The summed E-state index contributed by atoms with van der Waals surface area (Å²) in [4.78, 5) is 1.36. The number of anilines is 1. The molecule has 1 aromatic heterocycles. The molecule has 3 aromatic rings. The molecule has 0 saturated carbocycles. The van der Waals surface area contributed by atoms with Crippen LogP contribution in [0.3, 0.4) is 0 Å². The first kappa shape index (κ1) is 26.0. The molecule has 2 aromatic carbocycles. The van der Waals surface area contributed by atoms with E-state index >= 15 is 0 Å². The first-order valence-corrected chi connectivity index (χ1v) is 13.3. The fourth-order valence-corrected chi connectivity index (χ4v) is 6.39. The molecule has 4 rings (SSSR count). The number of allylic oxidation sites excluding steroid dienone is 3. The van der Waals surface area contributed by atoms with Crippen molar-refractivity contribution in [3.8, 4) is 0 Å². The third-order valence-electron chi connectivity index (χ3n) is 5.94. The molecule has 0 spiro atoms. The predicted molar refractivity (Wildman–Crippen MR) is 135 cm³/mol. The average molecular weight is 534 g/mol. The second kappa shape index (κ2) is 10.5. The zero-order valence-electron chi connectivity index (χ0n) is 20.1. The summed E-state index contributed by atoms with van der Waals surface area (Å²) in [5.74, 6) is -1.26. The van der Waals surface area contributed by atoms with Crippen LogP contribution in [0.15, 0.2) is 59.7 Å². The van der Waals surface area contributed by atoms with Gasteiger partial charge in [-0.05, 0) is 68.3 Å². The van der Waals surface area contributed by atoms with Crippen LogP contribution in [-0.4, -0.2) is 33.9 Å². The number of rotatable bonds is 8. The van der Waals surface area contributed by atoms with E-state index in [4.69, 9.17) is 11.6 Å². The van der Waals surface area contributed by atoms with Gasteiger partial charge in [-0.3, -0.25) is 4.31 Å². The monoisotopic (exact) mass is 533 g/mol. The number of benzene rings is 2. The molecule has 0 bridgehead atoms. The lowest BCUT2D eigenvalue weighted by Crippen LogP contribution is -2.39. The van der Waals surface area contributed by atoms with E-state index in [1.807, 2.05) is 26.8 Å². The Morgan fingerprint density at radius 2 is 1.89 bits per heavy atom. The van der Waals surface area contributed by atoms with Gasteiger partial charge in [-0.15, -0.1) is 10.2 Å². The van der Waals surface area contributed by atoms with E-state index in [-0.39, 0.29) is 30.0 Å². The van der Waals surface area contributed by atoms with E-state index in [1.165, 1.54) is 21.2 Å². The Balaban J connectivity index is 1.84. The maximum atomic E-state index is 14.5. The maximum absolute atomic E-state index is 14.5. The van der Waals surface area contributed by atoms with Crippen LogP contribution < -0.4 is 4.31 Å². The molecule has 0 N–H and O–H groups in total. The van der Waals surface area contributed by atoms with E-state index in [1.54, 1.807) is 18.2 Å². The molecule has 1 aliphatic rings. The Hall–Kier alpha value is -3.11. The smallest absolute Gasteiger partial charge is 0.242 e. The van der Waals surface area contributed by atoms with Gasteiger partial charge in [-0.2, -0.15) is 4.80 Å². The molecular formula is C25H26ClF2N5O2S. The second-order valence-electron chi connectivity index (χ2n) is 8.74. The quantitative estimate of drug-likeness (QED) is 0.397. The van der Waals surface area contributed by atoms with Gasteiger partial charge in [-0.1, -0.05) is 41.0 Å². The molecule has 0 aliphatic heterocycles. The van der Waals surface area contributed by atoms with E-state index < -0.39 is 26.9 Å². The molecule has 1 unspecified atom stereocenters. The molecular weight excluding hydrogens is 508 g/mol. The number of aromatic nitrogens is 4. The standard InChI is InChI=1S/C25H26ClF2N5O2S/c1-4-33-30-25(29-31-33)15-32(36(34,35)20-11-16(2)10-17(3)12-20)24-9-8-19(26)13-18(24)14-21-22(27)6-5-7-23(21)28/h5-11,13,20H,4,12,14-15H2,1-3H3. The van der Waals surface area contributed by atoms with E-state index in [0.29, 0.717) is 23.6 Å². The Kier molecular flexibility index (Phi) is 7.56. The predicted octanol–water partition coefficient (Wildman–Crippen LogP) is 5.22. The lowest BCUT2D eigenvalue weighted by molar-refractivity contribution is 0.549. The number of nitrogens with zero attached hydrogens (tertiary/aromatic N) is 5. The number of sulfonamides is 1. The molecule has 1 heterocycles. The van der Waals surface area contributed by atoms with Gasteiger partial charge in [-0.25, -0.2) is 17.2 Å². The van der Waals surface area contributed by atoms with Crippen LogP contribution in [0.2, 0.25) is 5.02 Å². The Morgan fingerprint density at radius 1 is 1.17 bits per heavy atom. The molecule has 0 amide bonds. The van der Waals surface area contributed by atoms with Crippen LogP contribution in [0.4, 0.5) is 14.5 Å². The fourth-order valence-electron chi connectivity index (χ4n) is 4.26. The van der Waals surface area contributed by atoms with Crippen LogP contribution in [-0.2, 0) is 29.5 Å². The molecule has 1 atom stereocenters. The summed E-state index contributed by atoms with van der Waals surface area (Å²) in [7, 11) is -4.02. The van der Waals surface area contributed by atoms with E-state index in [9.17, 15) is 17.2 Å². The number of hydrogen-bond acceptors (Lipinski definition) is 5. The van der Waals surface area contributed by atoms with Gasteiger partial charge in [0.05, 0.1) is 18.8 Å². The van der Waals surface area contributed by atoms with Crippen LogP contribution in [0.5, 0.6) is 0 Å². The second-order valence-corrected chi connectivity index (χ2v) is 11.3. The third-order valence-corrected chi connectivity index (χ3v) is 8.18. The lowest BCUT2D eigenvalue weighted by Gasteiger charge is -2.30.